The van der Waals surface area contributed by atoms with Gasteiger partial charge in [-0.3, -0.25) is 4.79 Å². The number of rotatable bonds is 6. The van der Waals surface area contributed by atoms with Gasteiger partial charge in [-0.1, -0.05) is 19.1 Å². The van der Waals surface area contributed by atoms with E-state index in [-0.39, 0.29) is 17.1 Å². The fourth-order valence-corrected chi connectivity index (χ4v) is 2.59. The number of carbonyl (C=O) groups is 2. The van der Waals surface area contributed by atoms with Crippen LogP contribution in [-0.4, -0.2) is 28.5 Å². The topological polar surface area (TPSA) is 106 Å². The molecule has 1 amide bonds. The van der Waals surface area contributed by atoms with Crippen LogP contribution < -0.4 is 5.32 Å². The van der Waals surface area contributed by atoms with Crippen LogP contribution in [0.1, 0.15) is 45.1 Å². The molecule has 25 heavy (non-hydrogen) atoms. The van der Waals surface area contributed by atoms with Gasteiger partial charge in [0.2, 0.25) is 0 Å². The number of nitrogens with zero attached hydrogens (tertiary/aromatic N) is 1. The van der Waals surface area contributed by atoms with Gasteiger partial charge in [0.1, 0.15) is 16.8 Å². The van der Waals surface area contributed by atoms with E-state index in [1.165, 1.54) is 6.07 Å². The molecule has 0 unspecified atom stereocenters. The smallest absolute Gasteiger partial charge is 0.339 e. The van der Waals surface area contributed by atoms with E-state index in [0.717, 1.165) is 11.1 Å². The van der Waals surface area contributed by atoms with Crippen molar-refractivity contribution in [3.05, 3.63) is 52.8 Å². The van der Waals surface area contributed by atoms with Crippen molar-refractivity contribution < 1.29 is 23.5 Å². The van der Waals surface area contributed by atoms with E-state index >= 15 is 0 Å². The Morgan fingerprint density at radius 2 is 2.08 bits per heavy atom. The summed E-state index contributed by atoms with van der Waals surface area (Å²) in [4.78, 5) is 27.6. The molecule has 130 valence electrons. The molecule has 0 saturated heterocycles. The van der Waals surface area contributed by atoms with Gasteiger partial charge < -0.3 is 19.3 Å². The van der Waals surface area contributed by atoms with Crippen molar-refractivity contribution >= 4 is 23.0 Å². The van der Waals surface area contributed by atoms with E-state index in [1.54, 1.807) is 6.92 Å². The molecule has 1 aromatic carbocycles. The molecule has 0 atom stereocenters. The summed E-state index contributed by atoms with van der Waals surface area (Å²) in [5, 5.41) is 11.8. The first-order valence-electron chi connectivity index (χ1n) is 7.98. The summed E-state index contributed by atoms with van der Waals surface area (Å²) in [6, 6.07) is 6.95. The zero-order valence-electron chi connectivity index (χ0n) is 14.0. The number of benzene rings is 1. The minimum atomic E-state index is -1.11. The molecule has 3 rings (SSSR count). The van der Waals surface area contributed by atoms with Gasteiger partial charge in [-0.2, -0.15) is 0 Å². The maximum absolute atomic E-state index is 12.1. The molecular formula is C18H18N2O5. The summed E-state index contributed by atoms with van der Waals surface area (Å²) >= 11 is 0. The van der Waals surface area contributed by atoms with Crippen molar-refractivity contribution in [1.82, 2.24) is 10.3 Å². The van der Waals surface area contributed by atoms with Crippen LogP contribution in [0.25, 0.3) is 11.1 Å². The molecule has 0 fully saturated rings. The lowest BCUT2D eigenvalue weighted by Gasteiger charge is -2.00. The van der Waals surface area contributed by atoms with Gasteiger partial charge in [0, 0.05) is 25.5 Å². The fraction of sp³-hybridized carbons (Fsp3) is 0.278. The second-order valence-electron chi connectivity index (χ2n) is 5.64. The van der Waals surface area contributed by atoms with Gasteiger partial charge >= 0.3 is 5.97 Å². The van der Waals surface area contributed by atoms with Crippen LogP contribution >= 0.6 is 0 Å². The number of nitrogens with one attached hydrogen (secondary N) is 1. The van der Waals surface area contributed by atoms with Crippen molar-refractivity contribution in [2.24, 2.45) is 0 Å². The SMILES string of the molecule is CCc1oc(C(=O)NCCc2nc3c(C)cccc3o2)cc1C(=O)O. The summed E-state index contributed by atoms with van der Waals surface area (Å²) in [6.07, 6.45) is 0.824. The number of furan rings is 1. The largest absolute Gasteiger partial charge is 0.478 e. The van der Waals surface area contributed by atoms with E-state index in [0.29, 0.717) is 30.9 Å². The van der Waals surface area contributed by atoms with Crippen LogP contribution in [0.3, 0.4) is 0 Å². The molecule has 2 N–H and O–H groups in total. The molecule has 2 aromatic heterocycles. The lowest BCUT2D eigenvalue weighted by molar-refractivity contribution is 0.0694. The maximum Gasteiger partial charge on any atom is 0.339 e. The highest BCUT2D eigenvalue weighted by molar-refractivity contribution is 5.96. The number of aromatic carboxylic acids is 1. The summed E-state index contributed by atoms with van der Waals surface area (Å²) in [5.41, 5.74) is 2.57. The molecule has 0 aliphatic heterocycles. The molecule has 0 bridgehead atoms. The van der Waals surface area contributed by atoms with E-state index in [2.05, 4.69) is 10.3 Å². The monoisotopic (exact) mass is 342 g/mol. The van der Waals surface area contributed by atoms with Gasteiger partial charge in [-0.05, 0) is 18.6 Å². The van der Waals surface area contributed by atoms with Gasteiger partial charge in [-0.15, -0.1) is 0 Å². The van der Waals surface area contributed by atoms with E-state index in [9.17, 15) is 9.59 Å². The zero-order chi connectivity index (χ0) is 18.0. The van der Waals surface area contributed by atoms with E-state index in [4.69, 9.17) is 13.9 Å². The molecule has 0 saturated carbocycles. The Kier molecular flexibility index (Phi) is 4.56. The molecule has 0 radical (unpaired) electrons. The highest BCUT2D eigenvalue weighted by Gasteiger charge is 2.20. The normalized spacial score (nSPS) is 11.0. The van der Waals surface area contributed by atoms with Crippen molar-refractivity contribution in [2.75, 3.05) is 6.54 Å². The van der Waals surface area contributed by atoms with Gasteiger partial charge in [0.15, 0.2) is 17.2 Å². The number of para-hydroxylation sites is 1. The number of aromatic nitrogens is 1. The second kappa shape index (κ2) is 6.80. The quantitative estimate of drug-likeness (QED) is 0.713. The van der Waals surface area contributed by atoms with Crippen LogP contribution in [0.15, 0.2) is 33.1 Å². The second-order valence-corrected chi connectivity index (χ2v) is 5.64. The minimum Gasteiger partial charge on any atom is -0.478 e. The van der Waals surface area contributed by atoms with E-state index < -0.39 is 11.9 Å². The zero-order valence-corrected chi connectivity index (χ0v) is 14.0. The first kappa shape index (κ1) is 16.8. The molecule has 3 aromatic rings. The third kappa shape index (κ3) is 3.40. The van der Waals surface area contributed by atoms with Crippen LogP contribution in [-0.2, 0) is 12.8 Å². The molecule has 7 nitrogen and oxygen atoms in total. The minimum absolute atomic E-state index is 0.0114. The Labute approximate surface area is 143 Å². The Morgan fingerprint density at radius 1 is 1.28 bits per heavy atom. The number of carbonyl (C=O) groups excluding carboxylic acids is 1. The maximum atomic E-state index is 12.1. The predicted octanol–water partition coefficient (Wildman–Crippen LogP) is 2.96. The first-order chi connectivity index (χ1) is 12.0. The van der Waals surface area contributed by atoms with Crippen molar-refractivity contribution in [3.8, 4) is 0 Å². The predicted molar refractivity (Wildman–Crippen MR) is 89.8 cm³/mol. The molecular weight excluding hydrogens is 324 g/mol. The standard InChI is InChI=1S/C18H18N2O5/c1-3-12-11(18(22)23)9-14(24-12)17(21)19-8-7-15-20-16-10(2)5-4-6-13(16)25-15/h4-6,9H,3,7-8H2,1-2H3,(H,19,21)(H,22,23). The summed E-state index contributed by atoms with van der Waals surface area (Å²) in [7, 11) is 0. The molecule has 2 heterocycles. The molecule has 0 spiro atoms. The Balaban J connectivity index is 1.64. The number of hydrogen-bond donors (Lipinski definition) is 2. The van der Waals surface area contributed by atoms with Crippen LogP contribution in [0.2, 0.25) is 0 Å². The van der Waals surface area contributed by atoms with Crippen LogP contribution in [0.5, 0.6) is 0 Å². The summed E-state index contributed by atoms with van der Waals surface area (Å²) < 4.78 is 11.0. The molecule has 0 aliphatic rings. The molecule has 7 heteroatoms. The van der Waals surface area contributed by atoms with Crippen molar-refractivity contribution in [2.45, 2.75) is 26.7 Å². The number of amides is 1. The number of aryl methyl sites for hydroxylation is 2. The highest BCUT2D eigenvalue weighted by atomic mass is 16.4. The lowest BCUT2D eigenvalue weighted by Crippen LogP contribution is -2.25. The Hall–Kier alpha value is -3.09. The molecule has 0 aliphatic carbocycles. The highest BCUT2D eigenvalue weighted by Crippen LogP contribution is 2.19. The van der Waals surface area contributed by atoms with Gasteiger partial charge in [0.05, 0.1) is 0 Å². The van der Waals surface area contributed by atoms with Gasteiger partial charge in [0.25, 0.3) is 5.91 Å². The van der Waals surface area contributed by atoms with Crippen LogP contribution in [0, 0.1) is 6.92 Å². The van der Waals surface area contributed by atoms with Crippen LogP contribution in [0.4, 0.5) is 0 Å². The average molecular weight is 342 g/mol. The number of oxazole rings is 1. The third-order valence-electron chi connectivity index (χ3n) is 3.87. The first-order valence-corrected chi connectivity index (χ1v) is 7.98. The Morgan fingerprint density at radius 3 is 2.72 bits per heavy atom. The fourth-order valence-electron chi connectivity index (χ4n) is 2.59. The average Bonchev–Trinajstić information content (AvgIpc) is 3.19. The Bertz CT molecular complexity index is 938. The van der Waals surface area contributed by atoms with Crippen molar-refractivity contribution in [3.63, 3.8) is 0 Å². The number of carboxylic acids is 1. The van der Waals surface area contributed by atoms with Crippen molar-refractivity contribution in [1.29, 1.82) is 0 Å². The summed E-state index contributed by atoms with van der Waals surface area (Å²) in [5.74, 6) is -0.768. The number of hydrogen-bond acceptors (Lipinski definition) is 5. The summed E-state index contributed by atoms with van der Waals surface area (Å²) in [6.45, 7) is 4.02. The van der Waals surface area contributed by atoms with Gasteiger partial charge in [-0.25, -0.2) is 9.78 Å². The third-order valence-corrected chi connectivity index (χ3v) is 3.87. The number of carboxylic acid groups (broad SMARTS) is 1. The van der Waals surface area contributed by atoms with E-state index in [1.807, 2.05) is 25.1 Å². The number of fused-ring (bicyclic) bond motifs is 1. The lowest BCUT2D eigenvalue weighted by atomic mass is 10.2.